The van der Waals surface area contributed by atoms with Crippen LogP contribution in [0.2, 0.25) is 5.22 Å². The molecule has 1 heterocycles. The van der Waals surface area contributed by atoms with Gasteiger partial charge in [0.2, 0.25) is 0 Å². The smallest absolute Gasteiger partial charge is 0.193 e. The number of benzene rings is 1. The Morgan fingerprint density at radius 3 is 2.25 bits per heavy atom. The number of aliphatic hydroxyl groups is 1. The number of aliphatic hydroxyl groups excluding tert-OH is 1. The molecule has 0 aliphatic rings. The van der Waals surface area contributed by atoms with Gasteiger partial charge in [0, 0.05) is 0 Å². The molecule has 1 N–H and O–H groups in total. The van der Waals surface area contributed by atoms with Crippen molar-refractivity contribution in [2.45, 2.75) is 6.10 Å². The zero-order valence-corrected chi connectivity index (χ0v) is 8.71. The van der Waals surface area contributed by atoms with Crippen molar-refractivity contribution in [2.24, 2.45) is 0 Å². The van der Waals surface area contributed by atoms with Gasteiger partial charge in [0.25, 0.3) is 0 Å². The van der Waals surface area contributed by atoms with E-state index in [9.17, 15) is 13.9 Å². The van der Waals surface area contributed by atoms with Crippen molar-refractivity contribution in [2.75, 3.05) is 0 Å². The van der Waals surface area contributed by atoms with Crippen LogP contribution in [0.15, 0.2) is 34.7 Å². The lowest BCUT2D eigenvalue weighted by Crippen LogP contribution is -2.04. The number of halogens is 3. The summed E-state index contributed by atoms with van der Waals surface area (Å²) in [4.78, 5) is 0. The molecule has 16 heavy (non-hydrogen) atoms. The fourth-order valence-corrected chi connectivity index (χ4v) is 1.54. The molecule has 0 aliphatic heterocycles. The van der Waals surface area contributed by atoms with Crippen LogP contribution >= 0.6 is 11.6 Å². The molecule has 2 aromatic rings. The number of hydrogen-bond acceptors (Lipinski definition) is 2. The van der Waals surface area contributed by atoms with Crippen molar-refractivity contribution in [1.82, 2.24) is 0 Å². The van der Waals surface area contributed by atoms with Crippen LogP contribution in [-0.2, 0) is 0 Å². The lowest BCUT2D eigenvalue weighted by molar-refractivity contribution is 0.180. The summed E-state index contributed by atoms with van der Waals surface area (Å²) in [5.74, 6) is -1.67. The molecule has 2 nitrogen and oxygen atoms in total. The molecule has 0 amide bonds. The Kier molecular flexibility index (Phi) is 2.94. The van der Waals surface area contributed by atoms with Gasteiger partial charge in [0.15, 0.2) is 5.22 Å². The van der Waals surface area contributed by atoms with E-state index in [-0.39, 0.29) is 11.0 Å². The zero-order valence-electron chi connectivity index (χ0n) is 7.95. The van der Waals surface area contributed by atoms with Gasteiger partial charge in [-0.15, -0.1) is 0 Å². The maximum absolute atomic E-state index is 13.3. The Morgan fingerprint density at radius 1 is 1.12 bits per heavy atom. The maximum atomic E-state index is 13.3. The van der Waals surface area contributed by atoms with E-state index in [1.165, 1.54) is 18.2 Å². The molecule has 0 bridgehead atoms. The van der Waals surface area contributed by atoms with Crippen LogP contribution in [0.3, 0.4) is 0 Å². The predicted molar refractivity (Wildman–Crippen MR) is 54.1 cm³/mol. The van der Waals surface area contributed by atoms with Crippen LogP contribution < -0.4 is 0 Å². The van der Waals surface area contributed by atoms with E-state index in [0.717, 1.165) is 12.1 Å². The molecule has 0 radical (unpaired) electrons. The van der Waals surface area contributed by atoms with E-state index in [1.807, 2.05) is 0 Å². The fraction of sp³-hybridized carbons (Fsp3) is 0.0909. The molecule has 1 unspecified atom stereocenters. The monoisotopic (exact) mass is 244 g/mol. The molecule has 1 atom stereocenters. The first kappa shape index (κ1) is 11.1. The van der Waals surface area contributed by atoms with E-state index in [2.05, 4.69) is 0 Å². The minimum absolute atomic E-state index is 0.00556. The fourth-order valence-electron chi connectivity index (χ4n) is 1.39. The highest BCUT2D eigenvalue weighted by Crippen LogP contribution is 2.29. The van der Waals surface area contributed by atoms with Gasteiger partial charge in [-0.2, -0.15) is 0 Å². The van der Waals surface area contributed by atoms with Gasteiger partial charge in [-0.25, -0.2) is 8.78 Å². The SMILES string of the molecule is OC(c1ccc(Cl)o1)c1c(F)cccc1F. The van der Waals surface area contributed by atoms with Crippen molar-refractivity contribution < 1.29 is 18.3 Å². The van der Waals surface area contributed by atoms with E-state index in [4.69, 9.17) is 16.0 Å². The molecule has 0 fully saturated rings. The quantitative estimate of drug-likeness (QED) is 0.879. The van der Waals surface area contributed by atoms with Crippen LogP contribution in [0, 0.1) is 11.6 Å². The summed E-state index contributed by atoms with van der Waals surface area (Å²) in [5, 5.41) is 9.78. The average Bonchev–Trinajstić information content (AvgIpc) is 2.64. The van der Waals surface area contributed by atoms with Gasteiger partial charge in [-0.05, 0) is 35.9 Å². The summed E-state index contributed by atoms with van der Waals surface area (Å²) in [7, 11) is 0. The lowest BCUT2D eigenvalue weighted by atomic mass is 10.1. The molecule has 0 saturated heterocycles. The highest BCUT2D eigenvalue weighted by atomic mass is 35.5. The van der Waals surface area contributed by atoms with Gasteiger partial charge in [-0.3, -0.25) is 0 Å². The normalized spacial score (nSPS) is 12.8. The van der Waals surface area contributed by atoms with Gasteiger partial charge in [0.1, 0.15) is 23.5 Å². The summed E-state index contributed by atoms with van der Waals surface area (Å²) in [6, 6.07) is 6.09. The summed E-state index contributed by atoms with van der Waals surface area (Å²) in [6.45, 7) is 0. The van der Waals surface area contributed by atoms with E-state index in [1.54, 1.807) is 0 Å². The number of furan rings is 1. The van der Waals surface area contributed by atoms with Crippen molar-refractivity contribution in [3.8, 4) is 0 Å². The largest absolute Gasteiger partial charge is 0.447 e. The Labute approximate surface area is 95.1 Å². The summed E-state index contributed by atoms with van der Waals surface area (Å²) >= 11 is 5.51. The van der Waals surface area contributed by atoms with Crippen molar-refractivity contribution in [3.63, 3.8) is 0 Å². The van der Waals surface area contributed by atoms with Gasteiger partial charge < -0.3 is 9.52 Å². The predicted octanol–water partition coefficient (Wildman–Crippen LogP) is 3.29. The third-order valence-electron chi connectivity index (χ3n) is 2.14. The highest BCUT2D eigenvalue weighted by Gasteiger charge is 2.22. The standard InChI is InChI=1S/C11H7ClF2O2/c12-9-5-4-8(16-9)11(15)10-6(13)2-1-3-7(10)14/h1-5,11,15H. The molecule has 5 heteroatoms. The third-order valence-corrected chi connectivity index (χ3v) is 2.34. The lowest BCUT2D eigenvalue weighted by Gasteiger charge is -2.09. The van der Waals surface area contributed by atoms with Gasteiger partial charge in [0.05, 0.1) is 5.56 Å². The Bertz CT molecular complexity index is 490. The zero-order chi connectivity index (χ0) is 11.7. The maximum Gasteiger partial charge on any atom is 0.193 e. The van der Waals surface area contributed by atoms with Crippen LogP contribution in [0.5, 0.6) is 0 Å². The molecular formula is C11H7ClF2O2. The summed E-state index contributed by atoms with van der Waals surface area (Å²) < 4.78 is 31.5. The third kappa shape index (κ3) is 1.94. The van der Waals surface area contributed by atoms with Crippen LogP contribution in [0.1, 0.15) is 17.4 Å². The number of hydrogen-bond donors (Lipinski definition) is 1. The average molecular weight is 245 g/mol. The second-order valence-corrected chi connectivity index (χ2v) is 3.55. The molecule has 1 aromatic carbocycles. The first-order valence-corrected chi connectivity index (χ1v) is 4.84. The van der Waals surface area contributed by atoms with E-state index in [0.29, 0.717) is 0 Å². The Hall–Kier alpha value is -1.39. The molecule has 1 aromatic heterocycles. The summed E-state index contributed by atoms with van der Waals surface area (Å²) in [6.07, 6.45) is -1.51. The van der Waals surface area contributed by atoms with Crippen LogP contribution in [-0.4, -0.2) is 5.11 Å². The van der Waals surface area contributed by atoms with Gasteiger partial charge in [-0.1, -0.05) is 6.07 Å². The number of rotatable bonds is 2. The summed E-state index contributed by atoms with van der Waals surface area (Å²) in [5.41, 5.74) is -0.450. The first-order chi connectivity index (χ1) is 7.59. The van der Waals surface area contributed by atoms with Crippen LogP contribution in [0.4, 0.5) is 8.78 Å². The van der Waals surface area contributed by atoms with Crippen LogP contribution in [0.25, 0.3) is 0 Å². The molecule has 84 valence electrons. The Balaban J connectivity index is 2.45. The highest BCUT2D eigenvalue weighted by molar-refractivity contribution is 6.28. The minimum Gasteiger partial charge on any atom is -0.447 e. The first-order valence-electron chi connectivity index (χ1n) is 4.47. The van der Waals surface area contributed by atoms with E-state index >= 15 is 0 Å². The second-order valence-electron chi connectivity index (χ2n) is 3.18. The molecule has 0 spiro atoms. The van der Waals surface area contributed by atoms with Crippen molar-refractivity contribution in [1.29, 1.82) is 0 Å². The Morgan fingerprint density at radius 2 is 1.75 bits per heavy atom. The van der Waals surface area contributed by atoms with Gasteiger partial charge >= 0.3 is 0 Å². The van der Waals surface area contributed by atoms with Crippen molar-refractivity contribution >= 4 is 11.6 Å². The van der Waals surface area contributed by atoms with E-state index < -0.39 is 23.3 Å². The minimum atomic E-state index is -1.51. The molecule has 0 aliphatic carbocycles. The molecule has 2 rings (SSSR count). The van der Waals surface area contributed by atoms with Crippen molar-refractivity contribution in [3.05, 3.63) is 58.5 Å². The molecular weight excluding hydrogens is 238 g/mol. The molecule has 0 saturated carbocycles. The second kappa shape index (κ2) is 4.23. The topological polar surface area (TPSA) is 33.4 Å².